The molecule has 6 nitrogen and oxygen atoms in total. The van der Waals surface area contributed by atoms with Crippen molar-refractivity contribution in [3.8, 4) is 0 Å². The van der Waals surface area contributed by atoms with Crippen LogP contribution in [0.25, 0.3) is 0 Å². The molecular weight excluding hydrogens is 318 g/mol. The predicted octanol–water partition coefficient (Wildman–Crippen LogP) is 3.27. The minimum atomic E-state index is -0.442. The zero-order valence-corrected chi connectivity index (χ0v) is 14.8. The van der Waals surface area contributed by atoms with Crippen LogP contribution in [0.5, 0.6) is 0 Å². The molecule has 3 rings (SSSR count). The summed E-state index contributed by atoms with van der Waals surface area (Å²) in [4.78, 5) is 30.0. The van der Waals surface area contributed by atoms with E-state index in [1.165, 1.54) is 20.0 Å². The Morgan fingerprint density at radius 2 is 1.84 bits per heavy atom. The molecule has 25 heavy (non-hydrogen) atoms. The largest absolute Gasteiger partial charge is 0.465 e. The molecule has 1 aliphatic heterocycles. The zero-order chi connectivity index (χ0) is 18.0. The number of benzene rings is 1. The van der Waals surface area contributed by atoms with E-state index in [4.69, 9.17) is 4.74 Å². The Labute approximate surface area is 147 Å². The highest BCUT2D eigenvalue weighted by Crippen LogP contribution is 2.29. The molecule has 1 aromatic heterocycles. The fourth-order valence-electron chi connectivity index (χ4n) is 3.38. The summed E-state index contributed by atoms with van der Waals surface area (Å²) in [5, 5.41) is 2.98. The van der Waals surface area contributed by atoms with Crippen LogP contribution >= 0.6 is 0 Å². The predicted molar refractivity (Wildman–Crippen MR) is 97.4 cm³/mol. The van der Waals surface area contributed by atoms with Crippen LogP contribution in [0.1, 0.15) is 44.9 Å². The summed E-state index contributed by atoms with van der Waals surface area (Å²) in [6.07, 6.45) is 2.33. The minimum absolute atomic E-state index is 0.262. The molecule has 0 saturated carbocycles. The first-order chi connectivity index (χ1) is 12.0. The van der Waals surface area contributed by atoms with Crippen molar-refractivity contribution in [2.75, 3.05) is 30.4 Å². The van der Waals surface area contributed by atoms with E-state index in [1.807, 2.05) is 24.3 Å². The summed E-state index contributed by atoms with van der Waals surface area (Å²) in [5.74, 6) is -0.704. The van der Waals surface area contributed by atoms with E-state index in [0.29, 0.717) is 22.5 Å². The van der Waals surface area contributed by atoms with Gasteiger partial charge in [-0.3, -0.25) is 4.79 Å². The number of carbonyl (C=O) groups is 2. The smallest absolute Gasteiger partial charge is 0.339 e. The maximum atomic E-state index is 12.8. The number of carbonyl (C=O) groups excluding carboxylic acids is 2. The molecular formula is C19H23N3O3. The molecule has 0 radical (unpaired) electrons. The number of methoxy groups -OCH3 is 1. The molecule has 0 unspecified atom stereocenters. The SMILES string of the molecule is COC(=O)c1c(C)[nH]c(C(=O)Nc2ccccc2N2CCCC2)c1C. The van der Waals surface area contributed by atoms with Gasteiger partial charge in [-0.2, -0.15) is 0 Å². The van der Waals surface area contributed by atoms with Crippen molar-refractivity contribution in [1.82, 2.24) is 4.98 Å². The van der Waals surface area contributed by atoms with Crippen LogP contribution in [0.3, 0.4) is 0 Å². The Morgan fingerprint density at radius 3 is 2.52 bits per heavy atom. The molecule has 6 heteroatoms. The molecule has 0 spiro atoms. The first kappa shape index (κ1) is 17.1. The number of H-pyrrole nitrogens is 1. The quantitative estimate of drug-likeness (QED) is 0.837. The van der Waals surface area contributed by atoms with Gasteiger partial charge in [0.1, 0.15) is 5.69 Å². The lowest BCUT2D eigenvalue weighted by molar-refractivity contribution is 0.0599. The summed E-state index contributed by atoms with van der Waals surface area (Å²) < 4.78 is 4.80. The van der Waals surface area contributed by atoms with Crippen LogP contribution in [0, 0.1) is 13.8 Å². The van der Waals surface area contributed by atoms with Crippen molar-refractivity contribution in [1.29, 1.82) is 0 Å². The van der Waals surface area contributed by atoms with Crippen molar-refractivity contribution >= 4 is 23.3 Å². The summed E-state index contributed by atoms with van der Waals surface area (Å²) in [6.45, 7) is 5.51. The number of ether oxygens (including phenoxy) is 1. The number of aromatic amines is 1. The summed E-state index contributed by atoms with van der Waals surface area (Å²) >= 11 is 0. The molecule has 0 bridgehead atoms. The van der Waals surface area contributed by atoms with Gasteiger partial charge in [-0.15, -0.1) is 0 Å². The number of hydrogen-bond acceptors (Lipinski definition) is 4. The lowest BCUT2D eigenvalue weighted by Gasteiger charge is -2.21. The topological polar surface area (TPSA) is 74.4 Å². The average Bonchev–Trinajstić information content (AvgIpc) is 3.23. The molecule has 1 aliphatic rings. The van der Waals surface area contributed by atoms with E-state index < -0.39 is 5.97 Å². The van der Waals surface area contributed by atoms with E-state index in [1.54, 1.807) is 13.8 Å². The number of esters is 1. The Hall–Kier alpha value is -2.76. The van der Waals surface area contributed by atoms with Gasteiger partial charge in [-0.05, 0) is 44.4 Å². The van der Waals surface area contributed by atoms with Crippen LogP contribution < -0.4 is 10.2 Å². The standard InChI is InChI=1S/C19H23N3O3/c1-12-16(19(24)25-3)13(2)20-17(12)18(23)21-14-8-4-5-9-15(14)22-10-6-7-11-22/h4-5,8-9,20H,6-7,10-11H2,1-3H3,(H,21,23). The molecule has 1 saturated heterocycles. The number of hydrogen-bond donors (Lipinski definition) is 2. The molecule has 2 N–H and O–H groups in total. The van der Waals surface area contributed by atoms with E-state index in [2.05, 4.69) is 15.2 Å². The van der Waals surface area contributed by atoms with Gasteiger partial charge in [-0.1, -0.05) is 12.1 Å². The number of aryl methyl sites for hydroxylation is 1. The van der Waals surface area contributed by atoms with Crippen molar-refractivity contribution in [3.05, 3.63) is 46.8 Å². The van der Waals surface area contributed by atoms with Crippen molar-refractivity contribution in [2.24, 2.45) is 0 Å². The summed E-state index contributed by atoms with van der Waals surface area (Å²) in [5.41, 5.74) is 3.83. The van der Waals surface area contributed by atoms with Crippen LogP contribution in [-0.4, -0.2) is 37.1 Å². The van der Waals surface area contributed by atoms with Gasteiger partial charge < -0.3 is 19.9 Å². The van der Waals surface area contributed by atoms with Gasteiger partial charge in [0.15, 0.2) is 0 Å². The minimum Gasteiger partial charge on any atom is -0.465 e. The third-order valence-corrected chi connectivity index (χ3v) is 4.65. The molecule has 1 amide bonds. The zero-order valence-electron chi connectivity index (χ0n) is 14.8. The third-order valence-electron chi connectivity index (χ3n) is 4.65. The van der Waals surface area contributed by atoms with Gasteiger partial charge in [-0.25, -0.2) is 4.79 Å². The second-order valence-corrected chi connectivity index (χ2v) is 6.28. The highest BCUT2D eigenvalue weighted by molar-refractivity contribution is 6.08. The first-order valence-electron chi connectivity index (χ1n) is 8.45. The Morgan fingerprint density at radius 1 is 1.16 bits per heavy atom. The van der Waals surface area contributed by atoms with Gasteiger partial charge >= 0.3 is 5.97 Å². The Balaban J connectivity index is 1.88. The number of rotatable bonds is 4. The molecule has 0 aliphatic carbocycles. The molecule has 2 heterocycles. The number of nitrogens with zero attached hydrogens (tertiary/aromatic N) is 1. The molecule has 2 aromatic rings. The second-order valence-electron chi connectivity index (χ2n) is 6.28. The monoisotopic (exact) mass is 341 g/mol. The fourth-order valence-corrected chi connectivity index (χ4v) is 3.38. The van der Waals surface area contributed by atoms with E-state index in [-0.39, 0.29) is 5.91 Å². The van der Waals surface area contributed by atoms with Crippen LogP contribution in [0.15, 0.2) is 24.3 Å². The number of aromatic nitrogens is 1. The third kappa shape index (κ3) is 3.24. The number of nitrogens with one attached hydrogen (secondary N) is 2. The normalized spacial score (nSPS) is 13.8. The molecule has 0 atom stereocenters. The van der Waals surface area contributed by atoms with E-state index in [0.717, 1.165) is 24.5 Å². The van der Waals surface area contributed by atoms with Crippen molar-refractivity contribution < 1.29 is 14.3 Å². The van der Waals surface area contributed by atoms with Crippen molar-refractivity contribution in [3.63, 3.8) is 0 Å². The van der Waals surface area contributed by atoms with Crippen molar-refractivity contribution in [2.45, 2.75) is 26.7 Å². The second kappa shape index (κ2) is 7.01. The maximum Gasteiger partial charge on any atom is 0.339 e. The number of para-hydroxylation sites is 2. The van der Waals surface area contributed by atoms with Gasteiger partial charge in [0.25, 0.3) is 5.91 Å². The summed E-state index contributed by atoms with van der Waals surface area (Å²) in [7, 11) is 1.33. The lowest BCUT2D eigenvalue weighted by atomic mass is 10.1. The molecule has 132 valence electrons. The van der Waals surface area contributed by atoms with E-state index in [9.17, 15) is 9.59 Å². The van der Waals surface area contributed by atoms with E-state index >= 15 is 0 Å². The van der Waals surface area contributed by atoms with Gasteiger partial charge in [0.2, 0.25) is 0 Å². The highest BCUT2D eigenvalue weighted by Gasteiger charge is 2.23. The fraction of sp³-hybridized carbons (Fsp3) is 0.368. The van der Waals surface area contributed by atoms with Crippen LogP contribution in [0.2, 0.25) is 0 Å². The number of anilines is 2. The van der Waals surface area contributed by atoms with Gasteiger partial charge in [0.05, 0.1) is 24.0 Å². The van der Waals surface area contributed by atoms with Crippen LogP contribution in [0.4, 0.5) is 11.4 Å². The maximum absolute atomic E-state index is 12.8. The van der Waals surface area contributed by atoms with Gasteiger partial charge in [0, 0.05) is 18.8 Å². The lowest BCUT2D eigenvalue weighted by Crippen LogP contribution is -2.21. The number of amides is 1. The summed E-state index contributed by atoms with van der Waals surface area (Å²) in [6, 6.07) is 7.80. The molecule has 1 aromatic carbocycles. The average molecular weight is 341 g/mol. The Kier molecular flexibility index (Phi) is 4.79. The highest BCUT2D eigenvalue weighted by atomic mass is 16.5. The first-order valence-corrected chi connectivity index (χ1v) is 8.45. The Bertz CT molecular complexity index is 804. The van der Waals surface area contributed by atoms with Crippen LogP contribution in [-0.2, 0) is 4.74 Å². The molecule has 1 fully saturated rings.